The van der Waals surface area contributed by atoms with Gasteiger partial charge in [-0.2, -0.15) is 0 Å². The number of hydrogen-bond acceptors (Lipinski definition) is 3. The van der Waals surface area contributed by atoms with Crippen LogP contribution < -0.4 is 5.32 Å². The van der Waals surface area contributed by atoms with Gasteiger partial charge >= 0.3 is 0 Å². The second kappa shape index (κ2) is 8.07. The molecule has 5 heteroatoms. The van der Waals surface area contributed by atoms with Gasteiger partial charge in [-0.05, 0) is 25.9 Å². The Hall–Kier alpha value is -0.130. The fourth-order valence-electron chi connectivity index (χ4n) is 1.43. The lowest BCUT2D eigenvalue weighted by Gasteiger charge is -2.18. The van der Waals surface area contributed by atoms with Crippen LogP contribution in [0.3, 0.4) is 0 Å². The Morgan fingerprint density at radius 3 is 2.13 bits per heavy atom. The predicted molar refractivity (Wildman–Crippen MR) is 64.5 cm³/mol. The third-order valence-corrected chi connectivity index (χ3v) is 4.39. The molecule has 0 saturated carbocycles. The Balaban J connectivity index is 3.83. The molecule has 0 aromatic carbocycles. The van der Waals surface area contributed by atoms with Crippen molar-refractivity contribution in [3.63, 3.8) is 0 Å². The van der Waals surface area contributed by atoms with Crippen molar-refractivity contribution in [2.75, 3.05) is 31.9 Å². The molecule has 0 spiro atoms. The average Bonchev–Trinajstić information content (AvgIpc) is 2.18. The second-order valence-electron chi connectivity index (χ2n) is 3.50. The van der Waals surface area contributed by atoms with Crippen LogP contribution in [0.15, 0.2) is 0 Å². The Kier molecular flexibility index (Phi) is 8.00. The van der Waals surface area contributed by atoms with Gasteiger partial charge in [-0.1, -0.05) is 20.8 Å². The molecule has 0 radical (unpaired) electrons. The first-order valence-corrected chi connectivity index (χ1v) is 7.37. The molecule has 0 fully saturated rings. The van der Waals surface area contributed by atoms with Gasteiger partial charge in [0, 0.05) is 13.1 Å². The quantitative estimate of drug-likeness (QED) is 0.609. The fraction of sp³-hybridized carbons (Fsp3) is 1.00. The minimum absolute atomic E-state index is 0.255. The monoisotopic (exact) mass is 236 g/mol. The van der Waals surface area contributed by atoms with Gasteiger partial charge in [-0.3, -0.25) is 0 Å². The molecule has 0 unspecified atom stereocenters. The van der Waals surface area contributed by atoms with Gasteiger partial charge < -0.3 is 5.32 Å². The van der Waals surface area contributed by atoms with Crippen LogP contribution in [0.5, 0.6) is 0 Å². The zero-order valence-electron chi connectivity index (χ0n) is 10.1. The van der Waals surface area contributed by atoms with Crippen LogP contribution in [-0.2, 0) is 10.0 Å². The summed E-state index contributed by atoms with van der Waals surface area (Å²) in [5.74, 6) is 0.255. The highest BCUT2D eigenvalue weighted by molar-refractivity contribution is 7.89. The van der Waals surface area contributed by atoms with Gasteiger partial charge in [0.25, 0.3) is 0 Å². The summed E-state index contributed by atoms with van der Waals surface area (Å²) in [6.45, 7) is 8.73. The van der Waals surface area contributed by atoms with E-state index in [2.05, 4.69) is 12.2 Å². The first-order chi connectivity index (χ1) is 7.08. The smallest absolute Gasteiger partial charge is 0.214 e. The molecule has 0 rings (SSSR count). The van der Waals surface area contributed by atoms with Gasteiger partial charge in [-0.15, -0.1) is 0 Å². The summed E-state index contributed by atoms with van der Waals surface area (Å²) >= 11 is 0. The van der Waals surface area contributed by atoms with E-state index < -0.39 is 10.0 Å². The molecule has 0 aliphatic rings. The molecule has 15 heavy (non-hydrogen) atoms. The third-order valence-electron chi connectivity index (χ3n) is 2.28. The summed E-state index contributed by atoms with van der Waals surface area (Å²) in [4.78, 5) is 0. The SMILES string of the molecule is CCCNCCCS(=O)(=O)N(CC)CC. The van der Waals surface area contributed by atoms with E-state index in [1.807, 2.05) is 13.8 Å². The molecule has 0 aliphatic carbocycles. The van der Waals surface area contributed by atoms with E-state index in [4.69, 9.17) is 0 Å². The Morgan fingerprint density at radius 1 is 1.07 bits per heavy atom. The summed E-state index contributed by atoms with van der Waals surface area (Å²) in [5.41, 5.74) is 0. The van der Waals surface area contributed by atoms with E-state index in [1.165, 1.54) is 4.31 Å². The Bertz CT molecular complexity index is 236. The lowest BCUT2D eigenvalue weighted by atomic mass is 10.4. The van der Waals surface area contributed by atoms with Crippen LogP contribution in [0.4, 0.5) is 0 Å². The summed E-state index contributed by atoms with van der Waals surface area (Å²) in [5, 5.41) is 3.20. The maximum Gasteiger partial charge on any atom is 0.214 e. The van der Waals surface area contributed by atoms with E-state index >= 15 is 0 Å². The molecule has 0 bridgehead atoms. The van der Waals surface area contributed by atoms with Crippen LogP contribution in [0.1, 0.15) is 33.6 Å². The number of hydrogen-bond donors (Lipinski definition) is 1. The maximum atomic E-state index is 11.7. The molecule has 4 nitrogen and oxygen atoms in total. The second-order valence-corrected chi connectivity index (χ2v) is 5.59. The summed E-state index contributed by atoms with van der Waals surface area (Å²) in [7, 11) is -3.02. The number of nitrogens with zero attached hydrogens (tertiary/aromatic N) is 1. The minimum atomic E-state index is -3.02. The van der Waals surface area contributed by atoms with Crippen molar-refractivity contribution >= 4 is 10.0 Å². The molecule has 1 N–H and O–H groups in total. The summed E-state index contributed by atoms with van der Waals surface area (Å²) in [6.07, 6.45) is 1.78. The van der Waals surface area contributed by atoms with E-state index in [0.717, 1.165) is 19.5 Å². The van der Waals surface area contributed by atoms with E-state index in [0.29, 0.717) is 19.5 Å². The predicted octanol–water partition coefficient (Wildman–Crippen LogP) is 1.05. The first kappa shape index (κ1) is 14.9. The van der Waals surface area contributed by atoms with Gasteiger partial charge in [0.1, 0.15) is 0 Å². The zero-order chi connectivity index (χ0) is 11.7. The minimum Gasteiger partial charge on any atom is -0.317 e. The highest BCUT2D eigenvalue weighted by Crippen LogP contribution is 2.01. The lowest BCUT2D eigenvalue weighted by molar-refractivity contribution is 0.443. The van der Waals surface area contributed by atoms with Crippen molar-refractivity contribution < 1.29 is 8.42 Å². The molecule has 0 atom stereocenters. The molecule has 0 amide bonds. The maximum absolute atomic E-state index is 11.7. The van der Waals surface area contributed by atoms with E-state index in [1.54, 1.807) is 0 Å². The molecule has 0 aromatic heterocycles. The van der Waals surface area contributed by atoms with Gasteiger partial charge in [0.2, 0.25) is 10.0 Å². The lowest BCUT2D eigenvalue weighted by Crippen LogP contribution is -2.33. The van der Waals surface area contributed by atoms with Crippen molar-refractivity contribution in [1.29, 1.82) is 0 Å². The average molecular weight is 236 g/mol. The molecular formula is C10H24N2O2S. The van der Waals surface area contributed by atoms with Gasteiger partial charge in [0.05, 0.1) is 5.75 Å². The van der Waals surface area contributed by atoms with Crippen LogP contribution >= 0.6 is 0 Å². The topological polar surface area (TPSA) is 49.4 Å². The van der Waals surface area contributed by atoms with E-state index in [-0.39, 0.29) is 5.75 Å². The number of sulfonamides is 1. The van der Waals surface area contributed by atoms with Gasteiger partial charge in [0.15, 0.2) is 0 Å². The van der Waals surface area contributed by atoms with Crippen LogP contribution in [0.25, 0.3) is 0 Å². The molecule has 92 valence electrons. The highest BCUT2D eigenvalue weighted by Gasteiger charge is 2.17. The largest absolute Gasteiger partial charge is 0.317 e. The molecule has 0 saturated heterocycles. The summed E-state index contributed by atoms with van der Waals surface area (Å²) in [6, 6.07) is 0. The summed E-state index contributed by atoms with van der Waals surface area (Å²) < 4.78 is 25.0. The van der Waals surface area contributed by atoms with Crippen molar-refractivity contribution in [2.24, 2.45) is 0 Å². The van der Waals surface area contributed by atoms with Crippen molar-refractivity contribution in [3.05, 3.63) is 0 Å². The van der Waals surface area contributed by atoms with E-state index in [9.17, 15) is 8.42 Å². The van der Waals surface area contributed by atoms with Crippen molar-refractivity contribution in [1.82, 2.24) is 9.62 Å². The van der Waals surface area contributed by atoms with Crippen molar-refractivity contribution in [3.8, 4) is 0 Å². The molecule has 0 heterocycles. The van der Waals surface area contributed by atoms with Crippen LogP contribution in [0, 0.1) is 0 Å². The zero-order valence-corrected chi connectivity index (χ0v) is 10.9. The number of nitrogens with one attached hydrogen (secondary N) is 1. The van der Waals surface area contributed by atoms with Crippen LogP contribution in [-0.4, -0.2) is 44.7 Å². The normalized spacial score (nSPS) is 12.3. The van der Waals surface area contributed by atoms with Gasteiger partial charge in [-0.25, -0.2) is 12.7 Å². The number of rotatable bonds is 9. The molecular weight excluding hydrogens is 212 g/mol. The van der Waals surface area contributed by atoms with Crippen LogP contribution in [0.2, 0.25) is 0 Å². The molecule has 0 aromatic rings. The Labute approximate surface area is 94.1 Å². The highest BCUT2D eigenvalue weighted by atomic mass is 32.2. The fourth-order valence-corrected chi connectivity index (χ4v) is 2.98. The standard InChI is InChI=1S/C10H24N2O2S/c1-4-8-11-9-7-10-15(13,14)12(5-2)6-3/h11H,4-10H2,1-3H3. The first-order valence-electron chi connectivity index (χ1n) is 5.77. The van der Waals surface area contributed by atoms with Crippen molar-refractivity contribution in [2.45, 2.75) is 33.6 Å². The third kappa shape index (κ3) is 6.12. The molecule has 0 aliphatic heterocycles. The Morgan fingerprint density at radius 2 is 1.67 bits per heavy atom.